The summed E-state index contributed by atoms with van der Waals surface area (Å²) < 4.78 is 11.2. The fourth-order valence-electron chi connectivity index (χ4n) is 2.10. The van der Waals surface area contributed by atoms with Crippen LogP contribution in [0.15, 0.2) is 48.5 Å². The fraction of sp³-hybridized carbons (Fsp3) is 0.167. The highest BCUT2D eigenvalue weighted by atomic mass is 16.5. The Morgan fingerprint density at radius 1 is 1.23 bits per heavy atom. The standard InChI is InChI=1S/C18H18O4/c1-13-5-3-6-14(11-13)12-22-18-15(9-10-17(19)20)7-4-8-16(18)21-2/h3-11H,12H2,1-2H3,(H,19,20)/b10-9+. The summed E-state index contributed by atoms with van der Waals surface area (Å²) in [4.78, 5) is 10.7. The van der Waals surface area contributed by atoms with Gasteiger partial charge in [-0.3, -0.25) is 0 Å². The molecule has 2 aromatic rings. The number of para-hydroxylation sites is 1. The molecule has 0 amide bonds. The van der Waals surface area contributed by atoms with Gasteiger partial charge in [0.2, 0.25) is 0 Å². The van der Waals surface area contributed by atoms with Gasteiger partial charge in [0.25, 0.3) is 0 Å². The minimum atomic E-state index is -1.01. The Kier molecular flexibility index (Phi) is 5.20. The average molecular weight is 298 g/mol. The van der Waals surface area contributed by atoms with E-state index < -0.39 is 5.97 Å². The van der Waals surface area contributed by atoms with Crippen LogP contribution in [0.25, 0.3) is 6.08 Å². The van der Waals surface area contributed by atoms with Crippen molar-refractivity contribution in [3.63, 3.8) is 0 Å². The molecule has 0 aliphatic rings. The normalized spacial score (nSPS) is 10.6. The van der Waals surface area contributed by atoms with E-state index in [-0.39, 0.29) is 0 Å². The van der Waals surface area contributed by atoms with Gasteiger partial charge >= 0.3 is 5.97 Å². The monoisotopic (exact) mass is 298 g/mol. The van der Waals surface area contributed by atoms with E-state index in [0.29, 0.717) is 23.7 Å². The van der Waals surface area contributed by atoms with Crippen molar-refractivity contribution in [2.24, 2.45) is 0 Å². The molecule has 0 radical (unpaired) electrons. The molecule has 0 saturated carbocycles. The lowest BCUT2D eigenvalue weighted by Gasteiger charge is -2.13. The maximum absolute atomic E-state index is 10.7. The van der Waals surface area contributed by atoms with E-state index >= 15 is 0 Å². The molecule has 0 spiro atoms. The summed E-state index contributed by atoms with van der Waals surface area (Å²) in [6.45, 7) is 2.41. The zero-order valence-electron chi connectivity index (χ0n) is 12.6. The first-order chi connectivity index (χ1) is 10.6. The Morgan fingerprint density at radius 3 is 2.68 bits per heavy atom. The van der Waals surface area contributed by atoms with Crippen molar-refractivity contribution in [3.05, 3.63) is 65.2 Å². The summed E-state index contributed by atoms with van der Waals surface area (Å²) in [6.07, 6.45) is 2.57. The van der Waals surface area contributed by atoms with Crippen molar-refractivity contribution in [2.75, 3.05) is 7.11 Å². The van der Waals surface area contributed by atoms with Crippen LogP contribution in [0.2, 0.25) is 0 Å². The first kappa shape index (κ1) is 15.6. The Morgan fingerprint density at radius 2 is 2.00 bits per heavy atom. The van der Waals surface area contributed by atoms with Crippen LogP contribution in [0.1, 0.15) is 16.7 Å². The van der Waals surface area contributed by atoms with Gasteiger partial charge in [-0.25, -0.2) is 4.79 Å². The van der Waals surface area contributed by atoms with Crippen molar-refractivity contribution in [2.45, 2.75) is 13.5 Å². The van der Waals surface area contributed by atoms with Gasteiger partial charge in [-0.1, -0.05) is 42.0 Å². The Balaban J connectivity index is 2.26. The second kappa shape index (κ2) is 7.31. The van der Waals surface area contributed by atoms with E-state index in [1.165, 1.54) is 6.08 Å². The number of aryl methyl sites for hydroxylation is 1. The second-order valence-electron chi connectivity index (χ2n) is 4.83. The van der Waals surface area contributed by atoms with E-state index in [2.05, 4.69) is 0 Å². The molecule has 2 rings (SSSR count). The molecular weight excluding hydrogens is 280 g/mol. The van der Waals surface area contributed by atoms with E-state index in [9.17, 15) is 4.79 Å². The molecule has 4 nitrogen and oxygen atoms in total. The van der Waals surface area contributed by atoms with Gasteiger partial charge in [-0.2, -0.15) is 0 Å². The SMILES string of the molecule is COc1cccc(/C=C/C(=O)O)c1OCc1cccc(C)c1. The molecule has 22 heavy (non-hydrogen) atoms. The number of benzene rings is 2. The number of carbonyl (C=O) groups is 1. The summed E-state index contributed by atoms with van der Waals surface area (Å²) >= 11 is 0. The highest BCUT2D eigenvalue weighted by Crippen LogP contribution is 2.32. The second-order valence-corrected chi connectivity index (χ2v) is 4.83. The van der Waals surface area contributed by atoms with Gasteiger partial charge in [0.1, 0.15) is 6.61 Å². The molecule has 0 atom stereocenters. The summed E-state index contributed by atoms with van der Waals surface area (Å²) in [6, 6.07) is 13.4. The number of carboxylic acids is 1. The molecule has 4 heteroatoms. The van der Waals surface area contributed by atoms with E-state index in [1.54, 1.807) is 25.3 Å². The molecule has 0 heterocycles. The topological polar surface area (TPSA) is 55.8 Å². The van der Waals surface area contributed by atoms with Gasteiger partial charge in [0, 0.05) is 11.6 Å². The maximum atomic E-state index is 10.7. The number of ether oxygens (including phenoxy) is 2. The predicted molar refractivity (Wildman–Crippen MR) is 85.2 cm³/mol. The van der Waals surface area contributed by atoms with E-state index in [0.717, 1.165) is 17.2 Å². The van der Waals surface area contributed by atoms with Crippen molar-refractivity contribution >= 4 is 12.0 Å². The lowest BCUT2D eigenvalue weighted by Crippen LogP contribution is -2.00. The minimum absolute atomic E-state index is 0.385. The van der Waals surface area contributed by atoms with Crippen LogP contribution in [0.3, 0.4) is 0 Å². The highest BCUT2D eigenvalue weighted by molar-refractivity contribution is 5.86. The molecular formula is C18H18O4. The molecule has 0 unspecified atom stereocenters. The Hall–Kier alpha value is -2.75. The van der Waals surface area contributed by atoms with Crippen LogP contribution < -0.4 is 9.47 Å². The number of aliphatic carboxylic acids is 1. The van der Waals surface area contributed by atoms with Gasteiger partial charge in [0.15, 0.2) is 11.5 Å². The largest absolute Gasteiger partial charge is 0.493 e. The van der Waals surface area contributed by atoms with Crippen molar-refractivity contribution in [3.8, 4) is 11.5 Å². The number of hydrogen-bond donors (Lipinski definition) is 1. The number of carboxylic acid groups (broad SMARTS) is 1. The van der Waals surface area contributed by atoms with Gasteiger partial charge in [0.05, 0.1) is 7.11 Å². The third-order valence-electron chi connectivity index (χ3n) is 3.10. The maximum Gasteiger partial charge on any atom is 0.328 e. The minimum Gasteiger partial charge on any atom is -0.493 e. The number of rotatable bonds is 6. The molecule has 0 bridgehead atoms. The van der Waals surface area contributed by atoms with E-state index in [4.69, 9.17) is 14.6 Å². The quantitative estimate of drug-likeness (QED) is 0.827. The van der Waals surface area contributed by atoms with Crippen LogP contribution in [0.5, 0.6) is 11.5 Å². The van der Waals surface area contributed by atoms with Crippen molar-refractivity contribution in [1.82, 2.24) is 0 Å². The smallest absolute Gasteiger partial charge is 0.328 e. The van der Waals surface area contributed by atoms with Crippen LogP contribution >= 0.6 is 0 Å². The zero-order chi connectivity index (χ0) is 15.9. The molecule has 0 saturated heterocycles. The van der Waals surface area contributed by atoms with Gasteiger partial charge < -0.3 is 14.6 Å². The van der Waals surface area contributed by atoms with Crippen LogP contribution in [0.4, 0.5) is 0 Å². The summed E-state index contributed by atoms with van der Waals surface area (Å²) in [5.41, 5.74) is 2.86. The zero-order valence-corrected chi connectivity index (χ0v) is 12.6. The van der Waals surface area contributed by atoms with Crippen LogP contribution in [0, 0.1) is 6.92 Å². The summed E-state index contributed by atoms with van der Waals surface area (Å²) in [5.74, 6) is 0.0941. The molecule has 114 valence electrons. The van der Waals surface area contributed by atoms with Crippen LogP contribution in [-0.2, 0) is 11.4 Å². The van der Waals surface area contributed by atoms with Crippen molar-refractivity contribution < 1.29 is 19.4 Å². The fourth-order valence-corrected chi connectivity index (χ4v) is 2.10. The Labute approximate surface area is 129 Å². The first-order valence-corrected chi connectivity index (χ1v) is 6.86. The summed E-state index contributed by atoms with van der Waals surface area (Å²) in [7, 11) is 1.56. The number of methoxy groups -OCH3 is 1. The highest BCUT2D eigenvalue weighted by Gasteiger charge is 2.09. The van der Waals surface area contributed by atoms with Gasteiger partial charge in [-0.05, 0) is 24.6 Å². The average Bonchev–Trinajstić information content (AvgIpc) is 2.51. The Bertz CT molecular complexity index is 689. The predicted octanol–water partition coefficient (Wildman–Crippen LogP) is 3.68. The molecule has 0 aliphatic heterocycles. The third-order valence-corrected chi connectivity index (χ3v) is 3.10. The molecule has 0 fully saturated rings. The summed E-state index contributed by atoms with van der Waals surface area (Å²) in [5, 5.41) is 8.77. The molecule has 2 aromatic carbocycles. The lowest BCUT2D eigenvalue weighted by molar-refractivity contribution is -0.131. The lowest BCUT2D eigenvalue weighted by atomic mass is 10.1. The van der Waals surface area contributed by atoms with Gasteiger partial charge in [-0.15, -0.1) is 0 Å². The van der Waals surface area contributed by atoms with E-state index in [1.807, 2.05) is 31.2 Å². The molecule has 0 aromatic heterocycles. The molecule has 1 N–H and O–H groups in total. The number of hydrogen-bond acceptors (Lipinski definition) is 3. The molecule has 0 aliphatic carbocycles. The first-order valence-electron chi connectivity index (χ1n) is 6.86. The van der Waals surface area contributed by atoms with Crippen LogP contribution in [-0.4, -0.2) is 18.2 Å². The third kappa shape index (κ3) is 4.12. The van der Waals surface area contributed by atoms with Crippen molar-refractivity contribution in [1.29, 1.82) is 0 Å².